The fourth-order valence-corrected chi connectivity index (χ4v) is 0.539. The molecule has 0 aromatic heterocycles. The quantitative estimate of drug-likeness (QED) is 0.721. The summed E-state index contributed by atoms with van der Waals surface area (Å²) in [6, 6.07) is 0. The molecule has 0 aliphatic carbocycles. The largest absolute Gasteiger partial charge is 0.394 e. The molecule has 3 heteroatoms. The summed E-state index contributed by atoms with van der Waals surface area (Å²) >= 11 is 0. The molecule has 0 aromatic rings. The molecule has 0 bridgehead atoms. The second-order valence-corrected chi connectivity index (χ2v) is 4.13. The molecule has 1 unspecified atom stereocenters. The van der Waals surface area contributed by atoms with Crippen molar-refractivity contribution in [2.24, 2.45) is 5.92 Å². The summed E-state index contributed by atoms with van der Waals surface area (Å²) in [6.45, 7) is 10.9. The van der Waals surface area contributed by atoms with Gasteiger partial charge in [-0.05, 0) is 33.1 Å². The van der Waals surface area contributed by atoms with Crippen molar-refractivity contribution in [2.45, 2.75) is 53.2 Å². The lowest BCUT2D eigenvalue weighted by Gasteiger charge is -2.08. The van der Waals surface area contributed by atoms with E-state index in [0.717, 1.165) is 12.5 Å². The van der Waals surface area contributed by atoms with Crippen LogP contribution in [0.5, 0.6) is 0 Å². The predicted octanol–water partition coefficient (Wildman–Crippen LogP) is 1.82. The third-order valence-corrected chi connectivity index (χ3v) is 1.41. The first kappa shape index (κ1) is 16.3. The molecule has 0 heterocycles. The number of hydrogen-bond acceptors (Lipinski definition) is 3. The van der Waals surface area contributed by atoms with E-state index in [-0.39, 0.29) is 6.61 Å². The lowest BCUT2D eigenvalue weighted by atomic mass is 10.1. The van der Waals surface area contributed by atoms with Gasteiger partial charge in [0.15, 0.2) is 0 Å². The SMILES string of the molecule is CC(C)CCOC(C)C.CC(O)CO. The third kappa shape index (κ3) is 22.6. The Labute approximate surface area is 88.1 Å². The van der Waals surface area contributed by atoms with Gasteiger partial charge in [-0.25, -0.2) is 0 Å². The van der Waals surface area contributed by atoms with Crippen molar-refractivity contribution in [3.05, 3.63) is 0 Å². The summed E-state index contributed by atoms with van der Waals surface area (Å²) in [5.74, 6) is 0.767. The van der Waals surface area contributed by atoms with Gasteiger partial charge in [0.25, 0.3) is 0 Å². The first-order valence-electron chi connectivity index (χ1n) is 5.30. The fraction of sp³-hybridized carbons (Fsp3) is 1.00. The van der Waals surface area contributed by atoms with Crippen molar-refractivity contribution < 1.29 is 14.9 Å². The molecule has 88 valence electrons. The van der Waals surface area contributed by atoms with E-state index in [4.69, 9.17) is 14.9 Å². The molecule has 0 fully saturated rings. The summed E-state index contributed by atoms with van der Waals surface area (Å²) in [5.41, 5.74) is 0. The molecule has 3 nitrogen and oxygen atoms in total. The Morgan fingerprint density at radius 1 is 1.07 bits per heavy atom. The molecule has 0 spiro atoms. The van der Waals surface area contributed by atoms with Gasteiger partial charge in [-0.3, -0.25) is 0 Å². The Balaban J connectivity index is 0. The van der Waals surface area contributed by atoms with Crippen molar-refractivity contribution in [3.8, 4) is 0 Å². The number of aliphatic hydroxyl groups is 2. The van der Waals surface area contributed by atoms with Crippen molar-refractivity contribution in [2.75, 3.05) is 13.2 Å². The minimum absolute atomic E-state index is 0.139. The second kappa shape index (κ2) is 11.0. The molecule has 0 aromatic carbocycles. The molecule has 0 saturated heterocycles. The Morgan fingerprint density at radius 2 is 1.50 bits per heavy atom. The van der Waals surface area contributed by atoms with Crippen LogP contribution in [0.2, 0.25) is 0 Å². The Hall–Kier alpha value is -0.120. The zero-order chi connectivity index (χ0) is 11.6. The average Bonchev–Trinajstić information content (AvgIpc) is 2.04. The third-order valence-electron chi connectivity index (χ3n) is 1.41. The minimum Gasteiger partial charge on any atom is -0.394 e. The Kier molecular flexibility index (Phi) is 12.8. The maximum absolute atomic E-state index is 8.11. The standard InChI is InChI=1S/C8H18O.C3H8O2/c1-7(2)5-6-9-8(3)4;1-3(5)2-4/h7-8H,5-6H2,1-4H3;3-5H,2H2,1H3. The molecular formula is C11H26O3. The molecule has 2 N–H and O–H groups in total. The zero-order valence-electron chi connectivity index (χ0n) is 10.2. The predicted molar refractivity (Wildman–Crippen MR) is 59.3 cm³/mol. The van der Waals surface area contributed by atoms with E-state index in [1.807, 2.05) is 0 Å². The van der Waals surface area contributed by atoms with Crippen molar-refractivity contribution in [1.82, 2.24) is 0 Å². The second-order valence-electron chi connectivity index (χ2n) is 4.13. The summed E-state index contributed by atoms with van der Waals surface area (Å²) in [7, 11) is 0. The average molecular weight is 206 g/mol. The summed E-state index contributed by atoms with van der Waals surface area (Å²) in [4.78, 5) is 0. The van der Waals surface area contributed by atoms with Crippen LogP contribution in [0.25, 0.3) is 0 Å². The first-order chi connectivity index (χ1) is 6.40. The van der Waals surface area contributed by atoms with Crippen molar-refractivity contribution in [1.29, 1.82) is 0 Å². The van der Waals surface area contributed by atoms with Crippen LogP contribution in [-0.4, -0.2) is 35.6 Å². The van der Waals surface area contributed by atoms with E-state index in [2.05, 4.69) is 27.7 Å². The highest BCUT2D eigenvalue weighted by Gasteiger charge is 1.95. The van der Waals surface area contributed by atoms with E-state index >= 15 is 0 Å². The Bertz CT molecular complexity index is 92.7. The van der Waals surface area contributed by atoms with Gasteiger partial charge in [0.05, 0.1) is 18.8 Å². The van der Waals surface area contributed by atoms with Crippen LogP contribution >= 0.6 is 0 Å². The van der Waals surface area contributed by atoms with Gasteiger partial charge < -0.3 is 14.9 Å². The molecule has 0 aliphatic rings. The summed E-state index contributed by atoms with van der Waals surface area (Å²) in [6.07, 6.45) is 1.01. The van der Waals surface area contributed by atoms with E-state index in [9.17, 15) is 0 Å². The molecule has 1 atom stereocenters. The fourth-order valence-electron chi connectivity index (χ4n) is 0.539. The topological polar surface area (TPSA) is 49.7 Å². The van der Waals surface area contributed by atoms with E-state index in [0.29, 0.717) is 6.10 Å². The van der Waals surface area contributed by atoms with Gasteiger partial charge in [0.2, 0.25) is 0 Å². The van der Waals surface area contributed by atoms with Crippen LogP contribution in [0.15, 0.2) is 0 Å². The van der Waals surface area contributed by atoms with Crippen LogP contribution in [-0.2, 0) is 4.74 Å². The molecule has 14 heavy (non-hydrogen) atoms. The van der Waals surface area contributed by atoms with Crippen LogP contribution < -0.4 is 0 Å². The monoisotopic (exact) mass is 206 g/mol. The zero-order valence-corrected chi connectivity index (χ0v) is 10.2. The normalized spacial score (nSPS) is 12.6. The number of hydrogen-bond donors (Lipinski definition) is 2. The van der Waals surface area contributed by atoms with Crippen LogP contribution in [0.1, 0.15) is 41.0 Å². The van der Waals surface area contributed by atoms with Gasteiger partial charge in [-0.1, -0.05) is 13.8 Å². The molecule has 0 aliphatic heterocycles. The Morgan fingerprint density at radius 3 is 1.71 bits per heavy atom. The van der Waals surface area contributed by atoms with Gasteiger partial charge in [0.1, 0.15) is 0 Å². The number of aliphatic hydroxyl groups excluding tert-OH is 2. The van der Waals surface area contributed by atoms with E-state index < -0.39 is 6.10 Å². The van der Waals surface area contributed by atoms with Crippen molar-refractivity contribution in [3.63, 3.8) is 0 Å². The van der Waals surface area contributed by atoms with Crippen molar-refractivity contribution >= 4 is 0 Å². The van der Waals surface area contributed by atoms with E-state index in [1.54, 1.807) is 0 Å². The van der Waals surface area contributed by atoms with Crippen LogP contribution in [0, 0.1) is 5.92 Å². The molecule has 0 rings (SSSR count). The summed E-state index contributed by atoms with van der Waals surface area (Å²) in [5, 5.41) is 16.0. The molecule has 0 saturated carbocycles. The number of rotatable bonds is 5. The van der Waals surface area contributed by atoms with Gasteiger partial charge in [-0.15, -0.1) is 0 Å². The summed E-state index contributed by atoms with van der Waals surface area (Å²) < 4.78 is 5.35. The van der Waals surface area contributed by atoms with Gasteiger partial charge in [0, 0.05) is 6.61 Å². The molecule has 0 radical (unpaired) electrons. The first-order valence-corrected chi connectivity index (χ1v) is 5.30. The lowest BCUT2D eigenvalue weighted by Crippen LogP contribution is -2.05. The minimum atomic E-state index is -0.560. The molecule has 0 amide bonds. The lowest BCUT2D eigenvalue weighted by molar-refractivity contribution is 0.0710. The van der Waals surface area contributed by atoms with E-state index in [1.165, 1.54) is 13.3 Å². The highest BCUT2D eigenvalue weighted by Crippen LogP contribution is 2.00. The highest BCUT2D eigenvalue weighted by atomic mass is 16.5. The van der Waals surface area contributed by atoms with Crippen LogP contribution in [0.3, 0.4) is 0 Å². The van der Waals surface area contributed by atoms with Crippen LogP contribution in [0.4, 0.5) is 0 Å². The maximum Gasteiger partial charge on any atom is 0.0742 e. The van der Waals surface area contributed by atoms with Gasteiger partial charge >= 0.3 is 0 Å². The maximum atomic E-state index is 8.11. The van der Waals surface area contributed by atoms with Gasteiger partial charge in [-0.2, -0.15) is 0 Å². The number of ether oxygens (including phenoxy) is 1. The molecular weight excluding hydrogens is 180 g/mol. The smallest absolute Gasteiger partial charge is 0.0742 e. The highest BCUT2D eigenvalue weighted by molar-refractivity contribution is 4.44.